The molecule has 0 saturated heterocycles. The molecule has 72 valence electrons. The normalized spacial score (nSPS) is 11.7. The zero-order valence-electron chi connectivity index (χ0n) is 8.93. The Morgan fingerprint density at radius 2 is 1.62 bits per heavy atom. The minimum absolute atomic E-state index is 0.267. The Balaban J connectivity index is 2.81. The largest absolute Gasteiger partial charge is 0.357 e. The van der Waals surface area contributed by atoms with E-state index >= 15 is 0 Å². The fourth-order valence-electron chi connectivity index (χ4n) is 1.38. The van der Waals surface area contributed by atoms with E-state index in [0.717, 1.165) is 13.0 Å². The summed E-state index contributed by atoms with van der Waals surface area (Å²) in [5, 5.41) is 0. The molecule has 0 aliphatic heterocycles. The van der Waals surface area contributed by atoms with Crippen molar-refractivity contribution in [3.05, 3.63) is 35.4 Å². The average Bonchev–Trinajstić information content (AvgIpc) is 2.04. The fourth-order valence-corrected chi connectivity index (χ4v) is 1.38. The molecular formula is C12H20N+. The van der Waals surface area contributed by atoms with Gasteiger partial charge >= 0.3 is 0 Å². The maximum atomic E-state index is 3.85. The van der Waals surface area contributed by atoms with Crippen LogP contribution < -0.4 is 5.73 Å². The minimum atomic E-state index is 0.267. The van der Waals surface area contributed by atoms with Crippen LogP contribution in [0.5, 0.6) is 0 Å². The molecule has 1 nitrogen and oxygen atoms in total. The molecule has 0 bridgehead atoms. The van der Waals surface area contributed by atoms with Gasteiger partial charge in [-0.1, -0.05) is 45.0 Å². The van der Waals surface area contributed by atoms with Crippen molar-refractivity contribution in [3.8, 4) is 0 Å². The molecule has 0 spiro atoms. The predicted octanol–water partition coefficient (Wildman–Crippen LogP) is 1.77. The van der Waals surface area contributed by atoms with Gasteiger partial charge in [-0.25, -0.2) is 0 Å². The second-order valence-corrected chi connectivity index (χ2v) is 4.55. The summed E-state index contributed by atoms with van der Waals surface area (Å²) in [4.78, 5) is 0. The summed E-state index contributed by atoms with van der Waals surface area (Å²) in [6.07, 6.45) is 1.09. The van der Waals surface area contributed by atoms with Gasteiger partial charge in [0.1, 0.15) is 0 Å². The van der Waals surface area contributed by atoms with Crippen LogP contribution in [0.3, 0.4) is 0 Å². The third kappa shape index (κ3) is 2.85. The molecule has 0 amide bonds. The molecule has 0 fully saturated rings. The summed E-state index contributed by atoms with van der Waals surface area (Å²) in [6.45, 7) is 7.70. The molecule has 0 atom stereocenters. The highest BCUT2D eigenvalue weighted by Gasteiger charge is 2.12. The van der Waals surface area contributed by atoms with Gasteiger partial charge in [0.15, 0.2) is 0 Å². The number of rotatable bonds is 2. The minimum Gasteiger partial charge on any atom is -0.357 e. The topological polar surface area (TPSA) is 27.6 Å². The van der Waals surface area contributed by atoms with Crippen molar-refractivity contribution in [3.63, 3.8) is 0 Å². The lowest BCUT2D eigenvalue weighted by Crippen LogP contribution is -2.51. The molecule has 13 heavy (non-hydrogen) atoms. The van der Waals surface area contributed by atoms with Crippen molar-refractivity contribution < 1.29 is 5.73 Å². The van der Waals surface area contributed by atoms with Crippen LogP contribution in [0.2, 0.25) is 0 Å². The molecule has 0 aliphatic carbocycles. The first-order valence-corrected chi connectivity index (χ1v) is 4.92. The summed E-state index contributed by atoms with van der Waals surface area (Å²) in [6, 6.07) is 8.88. The van der Waals surface area contributed by atoms with E-state index in [4.69, 9.17) is 0 Å². The Morgan fingerprint density at radius 3 is 2.00 bits per heavy atom. The maximum absolute atomic E-state index is 3.85. The van der Waals surface area contributed by atoms with Crippen molar-refractivity contribution in [1.82, 2.24) is 0 Å². The highest BCUT2D eigenvalue weighted by atomic mass is 14.5. The van der Waals surface area contributed by atoms with E-state index in [1.807, 2.05) is 0 Å². The first-order valence-electron chi connectivity index (χ1n) is 4.92. The lowest BCUT2D eigenvalue weighted by Gasteiger charge is -2.18. The van der Waals surface area contributed by atoms with E-state index in [1.165, 1.54) is 11.1 Å². The third-order valence-electron chi connectivity index (χ3n) is 2.29. The zero-order valence-corrected chi connectivity index (χ0v) is 8.93. The van der Waals surface area contributed by atoms with Crippen LogP contribution >= 0.6 is 0 Å². The van der Waals surface area contributed by atoms with Crippen LogP contribution in [-0.2, 0) is 11.8 Å². The van der Waals surface area contributed by atoms with E-state index < -0.39 is 0 Å². The molecule has 0 radical (unpaired) electrons. The van der Waals surface area contributed by atoms with Crippen LogP contribution in [0.1, 0.15) is 31.9 Å². The summed E-state index contributed by atoms with van der Waals surface area (Å²) in [5.41, 5.74) is 6.91. The predicted molar refractivity (Wildman–Crippen MR) is 56.6 cm³/mol. The monoisotopic (exact) mass is 178 g/mol. The van der Waals surface area contributed by atoms with Crippen molar-refractivity contribution in [1.29, 1.82) is 0 Å². The van der Waals surface area contributed by atoms with Crippen LogP contribution in [0.15, 0.2) is 24.3 Å². The van der Waals surface area contributed by atoms with Crippen LogP contribution in [0.25, 0.3) is 0 Å². The standard InChI is InChI=1S/C12H19N/c1-12(2,3)11-6-4-10(5-7-11)8-9-13/h4-7H,8-9,13H2,1-3H3/p+1. The summed E-state index contributed by atoms with van der Waals surface area (Å²) in [7, 11) is 0. The molecule has 0 aliphatic rings. The average molecular weight is 178 g/mol. The van der Waals surface area contributed by atoms with Crippen molar-refractivity contribution in [2.75, 3.05) is 6.54 Å². The first kappa shape index (κ1) is 10.3. The van der Waals surface area contributed by atoms with E-state index in [-0.39, 0.29) is 5.41 Å². The molecule has 0 heterocycles. The summed E-state index contributed by atoms with van der Waals surface area (Å²) >= 11 is 0. The van der Waals surface area contributed by atoms with Crippen LogP contribution in [-0.4, -0.2) is 6.54 Å². The molecule has 0 saturated carbocycles. The fraction of sp³-hybridized carbons (Fsp3) is 0.500. The van der Waals surface area contributed by atoms with Gasteiger partial charge in [0.05, 0.1) is 6.54 Å². The van der Waals surface area contributed by atoms with Gasteiger partial charge in [0.25, 0.3) is 0 Å². The molecule has 1 heteroatoms. The molecule has 1 rings (SSSR count). The van der Waals surface area contributed by atoms with Gasteiger partial charge in [0.2, 0.25) is 0 Å². The van der Waals surface area contributed by atoms with E-state index in [9.17, 15) is 0 Å². The Morgan fingerprint density at radius 1 is 1.08 bits per heavy atom. The second kappa shape index (κ2) is 3.93. The van der Waals surface area contributed by atoms with Crippen molar-refractivity contribution >= 4 is 0 Å². The van der Waals surface area contributed by atoms with E-state index in [0.29, 0.717) is 0 Å². The molecule has 3 N–H and O–H groups in total. The van der Waals surface area contributed by atoms with Crippen LogP contribution in [0.4, 0.5) is 0 Å². The van der Waals surface area contributed by atoms with Gasteiger partial charge < -0.3 is 5.73 Å². The zero-order chi connectivity index (χ0) is 9.90. The van der Waals surface area contributed by atoms with Gasteiger partial charge in [-0.15, -0.1) is 0 Å². The second-order valence-electron chi connectivity index (χ2n) is 4.55. The number of hydrogen-bond donors (Lipinski definition) is 1. The van der Waals surface area contributed by atoms with Crippen LogP contribution in [0, 0.1) is 0 Å². The lowest BCUT2D eigenvalue weighted by atomic mass is 9.86. The Kier molecular flexibility index (Phi) is 3.10. The summed E-state index contributed by atoms with van der Waals surface area (Å²) < 4.78 is 0. The Bertz CT molecular complexity index is 253. The van der Waals surface area contributed by atoms with Gasteiger partial charge in [-0.05, 0) is 16.5 Å². The number of hydrogen-bond acceptors (Lipinski definition) is 0. The maximum Gasteiger partial charge on any atom is 0.0780 e. The van der Waals surface area contributed by atoms with Crippen molar-refractivity contribution in [2.24, 2.45) is 0 Å². The van der Waals surface area contributed by atoms with E-state index in [1.54, 1.807) is 0 Å². The molecule has 0 aromatic heterocycles. The summed E-state index contributed by atoms with van der Waals surface area (Å²) in [5.74, 6) is 0. The molecular weight excluding hydrogens is 158 g/mol. The molecule has 1 aromatic carbocycles. The Hall–Kier alpha value is -0.820. The smallest absolute Gasteiger partial charge is 0.0780 e. The Labute approximate surface area is 81.0 Å². The first-order chi connectivity index (χ1) is 6.04. The quantitative estimate of drug-likeness (QED) is 0.715. The highest BCUT2D eigenvalue weighted by molar-refractivity contribution is 5.27. The molecule has 1 aromatic rings. The van der Waals surface area contributed by atoms with Gasteiger partial charge in [-0.3, -0.25) is 0 Å². The number of quaternary nitrogens is 1. The SMILES string of the molecule is CC(C)(C)c1ccc(CC[NH3+])cc1. The number of benzene rings is 1. The van der Waals surface area contributed by atoms with Gasteiger partial charge in [-0.2, -0.15) is 0 Å². The highest BCUT2D eigenvalue weighted by Crippen LogP contribution is 2.22. The third-order valence-corrected chi connectivity index (χ3v) is 2.29. The molecule has 0 unspecified atom stereocenters. The van der Waals surface area contributed by atoms with Gasteiger partial charge in [0, 0.05) is 6.42 Å². The van der Waals surface area contributed by atoms with Crippen molar-refractivity contribution in [2.45, 2.75) is 32.6 Å². The van der Waals surface area contributed by atoms with E-state index in [2.05, 4.69) is 50.8 Å². The lowest BCUT2D eigenvalue weighted by molar-refractivity contribution is -0.366.